The number of aliphatic imine (C=N–C) groups is 1. The molecule has 1 aliphatic rings. The molecule has 0 spiro atoms. The van der Waals surface area contributed by atoms with Crippen molar-refractivity contribution in [1.82, 2.24) is 0 Å². The molecule has 0 aromatic carbocycles. The number of hydrogen-bond donors (Lipinski definition) is 2. The quantitative estimate of drug-likeness (QED) is 0.233. The predicted octanol–water partition coefficient (Wildman–Crippen LogP) is 5.16. The molecule has 0 aromatic rings. The van der Waals surface area contributed by atoms with Crippen molar-refractivity contribution in [2.24, 2.45) is 4.99 Å². The van der Waals surface area contributed by atoms with E-state index in [0.717, 1.165) is 51.2 Å². The van der Waals surface area contributed by atoms with E-state index in [9.17, 15) is 9.90 Å². The standard InChI is InChI=1S/C23H44N2O3/c1-2-3-4-5-6-7-8-9-10-11-12-13-16-22-24-17-19-25(22,21-23(27)28)18-14-15-20-26/h26H,2-21H2,1H3/p+1. The van der Waals surface area contributed by atoms with Crippen molar-refractivity contribution in [3.05, 3.63) is 0 Å². The molecule has 0 saturated carbocycles. The van der Waals surface area contributed by atoms with Crippen LogP contribution in [-0.4, -0.2) is 59.3 Å². The molecule has 1 heterocycles. The summed E-state index contributed by atoms with van der Waals surface area (Å²) in [5, 5.41) is 18.4. The van der Waals surface area contributed by atoms with Crippen LogP contribution in [0.4, 0.5) is 0 Å². The number of amidine groups is 1. The van der Waals surface area contributed by atoms with Crippen LogP contribution in [0.2, 0.25) is 0 Å². The first kappa shape index (κ1) is 25.1. The monoisotopic (exact) mass is 397 g/mol. The third-order valence-electron chi connectivity index (χ3n) is 6.06. The lowest BCUT2D eigenvalue weighted by atomic mass is 10.0. The Hall–Kier alpha value is -0.940. The SMILES string of the molecule is CCCCCCCCCCCCCCC1=NCC[N+]1(CCCCO)CC(=O)O. The van der Waals surface area contributed by atoms with Crippen molar-refractivity contribution >= 4 is 11.8 Å². The Kier molecular flexibility index (Phi) is 14.3. The lowest BCUT2D eigenvalue weighted by Gasteiger charge is -2.33. The molecular weight excluding hydrogens is 352 g/mol. The number of quaternary nitrogens is 1. The largest absolute Gasteiger partial charge is 0.477 e. The van der Waals surface area contributed by atoms with Crippen LogP contribution in [0.3, 0.4) is 0 Å². The smallest absolute Gasteiger partial charge is 0.359 e. The molecule has 0 bridgehead atoms. The van der Waals surface area contributed by atoms with Gasteiger partial charge in [0.25, 0.3) is 0 Å². The zero-order valence-electron chi connectivity index (χ0n) is 18.3. The molecule has 2 N–H and O–H groups in total. The van der Waals surface area contributed by atoms with E-state index in [1.165, 1.54) is 70.6 Å². The molecule has 0 aliphatic carbocycles. The molecule has 164 valence electrons. The van der Waals surface area contributed by atoms with Crippen LogP contribution in [0.15, 0.2) is 4.99 Å². The number of carbonyl (C=O) groups is 1. The van der Waals surface area contributed by atoms with Crippen LogP contribution in [0, 0.1) is 0 Å². The molecule has 0 amide bonds. The Bertz CT molecular complexity index is 440. The summed E-state index contributed by atoms with van der Waals surface area (Å²) in [6.07, 6.45) is 18.5. The van der Waals surface area contributed by atoms with Crippen LogP contribution in [0.1, 0.15) is 103 Å². The summed E-state index contributed by atoms with van der Waals surface area (Å²) >= 11 is 0. The van der Waals surface area contributed by atoms with Crippen LogP contribution in [-0.2, 0) is 4.79 Å². The van der Waals surface area contributed by atoms with E-state index in [1.807, 2.05) is 0 Å². The number of aliphatic hydroxyl groups is 1. The fourth-order valence-electron chi connectivity index (χ4n) is 4.37. The number of carboxylic acid groups (broad SMARTS) is 1. The fourth-order valence-corrected chi connectivity index (χ4v) is 4.37. The second-order valence-electron chi connectivity index (χ2n) is 8.51. The topological polar surface area (TPSA) is 69.9 Å². The first-order valence-corrected chi connectivity index (χ1v) is 11.9. The Labute approximate surface area is 172 Å². The summed E-state index contributed by atoms with van der Waals surface area (Å²) in [5.41, 5.74) is 0. The van der Waals surface area contributed by atoms with E-state index < -0.39 is 5.97 Å². The van der Waals surface area contributed by atoms with Gasteiger partial charge in [-0.3, -0.25) is 4.48 Å². The molecule has 1 aliphatic heterocycles. The number of hydrogen-bond acceptors (Lipinski definition) is 3. The summed E-state index contributed by atoms with van der Waals surface area (Å²) < 4.78 is 0.521. The molecule has 5 nitrogen and oxygen atoms in total. The molecular formula is C23H45N2O3+. The first-order chi connectivity index (χ1) is 13.6. The van der Waals surface area contributed by atoms with Gasteiger partial charge in [0.1, 0.15) is 6.54 Å². The number of aliphatic hydroxyl groups excluding tert-OH is 1. The van der Waals surface area contributed by atoms with Gasteiger partial charge in [0.2, 0.25) is 0 Å². The molecule has 1 rings (SSSR count). The van der Waals surface area contributed by atoms with E-state index >= 15 is 0 Å². The van der Waals surface area contributed by atoms with E-state index in [0.29, 0.717) is 4.48 Å². The minimum absolute atomic E-state index is 0.141. The third kappa shape index (κ3) is 10.6. The van der Waals surface area contributed by atoms with Crippen molar-refractivity contribution in [2.45, 2.75) is 103 Å². The highest BCUT2D eigenvalue weighted by atomic mass is 16.4. The lowest BCUT2D eigenvalue weighted by Crippen LogP contribution is -2.54. The summed E-state index contributed by atoms with van der Waals surface area (Å²) in [4.78, 5) is 16.1. The van der Waals surface area contributed by atoms with Crippen LogP contribution in [0.5, 0.6) is 0 Å². The third-order valence-corrected chi connectivity index (χ3v) is 6.06. The van der Waals surface area contributed by atoms with Crippen molar-refractivity contribution < 1.29 is 19.5 Å². The van der Waals surface area contributed by atoms with Crippen LogP contribution in [0.25, 0.3) is 0 Å². The molecule has 1 atom stereocenters. The maximum atomic E-state index is 11.4. The van der Waals surface area contributed by atoms with Gasteiger partial charge in [0.05, 0.1) is 13.1 Å². The van der Waals surface area contributed by atoms with Gasteiger partial charge in [0, 0.05) is 13.0 Å². The number of carboxylic acids is 1. The molecule has 0 aromatic heterocycles. The second-order valence-corrected chi connectivity index (χ2v) is 8.51. The summed E-state index contributed by atoms with van der Waals surface area (Å²) in [7, 11) is 0. The van der Waals surface area contributed by atoms with Crippen molar-refractivity contribution in [2.75, 3.05) is 32.8 Å². The highest BCUT2D eigenvalue weighted by molar-refractivity contribution is 5.80. The number of aliphatic carboxylic acids is 1. The maximum Gasteiger partial charge on any atom is 0.359 e. The zero-order valence-corrected chi connectivity index (χ0v) is 18.3. The number of unbranched alkanes of at least 4 members (excludes halogenated alkanes) is 12. The van der Waals surface area contributed by atoms with Gasteiger partial charge < -0.3 is 10.2 Å². The van der Waals surface area contributed by atoms with Gasteiger partial charge in [-0.05, 0) is 19.3 Å². The Balaban J connectivity index is 2.16. The first-order valence-electron chi connectivity index (χ1n) is 11.9. The van der Waals surface area contributed by atoms with Gasteiger partial charge in [-0.2, -0.15) is 0 Å². The van der Waals surface area contributed by atoms with E-state index in [4.69, 9.17) is 5.11 Å². The van der Waals surface area contributed by atoms with Gasteiger partial charge in [0.15, 0.2) is 12.4 Å². The summed E-state index contributed by atoms with van der Waals surface area (Å²) in [5.74, 6) is 0.348. The molecule has 1 unspecified atom stereocenters. The van der Waals surface area contributed by atoms with E-state index in [2.05, 4.69) is 11.9 Å². The molecule has 28 heavy (non-hydrogen) atoms. The van der Waals surface area contributed by atoms with Gasteiger partial charge in [-0.15, -0.1) is 0 Å². The highest BCUT2D eigenvalue weighted by Gasteiger charge is 2.39. The zero-order chi connectivity index (χ0) is 20.5. The number of rotatable bonds is 19. The Morgan fingerprint density at radius 3 is 2.00 bits per heavy atom. The second kappa shape index (κ2) is 15.9. The van der Waals surface area contributed by atoms with E-state index in [1.54, 1.807) is 0 Å². The molecule has 5 heteroatoms. The maximum absolute atomic E-state index is 11.4. The van der Waals surface area contributed by atoms with Gasteiger partial charge in [-0.25, -0.2) is 9.79 Å². The Morgan fingerprint density at radius 1 is 0.893 bits per heavy atom. The number of nitrogens with zero attached hydrogens (tertiary/aromatic N) is 2. The van der Waals surface area contributed by atoms with E-state index in [-0.39, 0.29) is 13.2 Å². The van der Waals surface area contributed by atoms with Gasteiger partial charge in [-0.1, -0.05) is 77.6 Å². The summed E-state index contributed by atoms with van der Waals surface area (Å²) in [6.45, 7) is 4.94. The minimum atomic E-state index is -0.742. The lowest BCUT2D eigenvalue weighted by molar-refractivity contribution is -0.829. The average molecular weight is 398 g/mol. The molecule has 0 fully saturated rings. The summed E-state index contributed by atoms with van der Waals surface area (Å²) in [6, 6.07) is 0. The molecule has 0 saturated heterocycles. The highest BCUT2D eigenvalue weighted by Crippen LogP contribution is 2.22. The van der Waals surface area contributed by atoms with Crippen molar-refractivity contribution in [3.63, 3.8) is 0 Å². The molecule has 0 radical (unpaired) electrons. The predicted molar refractivity (Wildman–Crippen MR) is 117 cm³/mol. The van der Waals surface area contributed by atoms with Gasteiger partial charge >= 0.3 is 5.97 Å². The van der Waals surface area contributed by atoms with Crippen molar-refractivity contribution in [3.8, 4) is 0 Å². The van der Waals surface area contributed by atoms with Crippen molar-refractivity contribution in [1.29, 1.82) is 0 Å². The average Bonchev–Trinajstić information content (AvgIpc) is 3.04. The van der Waals surface area contributed by atoms with Crippen LogP contribution >= 0.6 is 0 Å². The normalized spacial score (nSPS) is 19.1. The Morgan fingerprint density at radius 2 is 1.46 bits per heavy atom. The minimum Gasteiger partial charge on any atom is -0.477 e. The van der Waals surface area contributed by atoms with Crippen LogP contribution < -0.4 is 0 Å². The fraction of sp³-hybridized carbons (Fsp3) is 0.913.